The van der Waals surface area contributed by atoms with Crippen LogP contribution < -0.4 is 0 Å². The lowest BCUT2D eigenvalue weighted by molar-refractivity contribution is -0.133. The molecule has 1 unspecified atom stereocenters. The SMILES string of the molecule is CSC(C)Cn1c(C)nnc1SCC(=O)O. The molecule has 0 aliphatic rings. The number of carboxylic acids is 1. The molecular formula is C9H15N3O2S2. The Bertz CT molecular complexity index is 368. The molecule has 16 heavy (non-hydrogen) atoms. The van der Waals surface area contributed by atoms with Crippen LogP contribution in [0.5, 0.6) is 0 Å². The van der Waals surface area contributed by atoms with Crippen LogP contribution in [0.15, 0.2) is 5.16 Å². The Labute approximate surface area is 103 Å². The number of hydrogen-bond acceptors (Lipinski definition) is 5. The number of aliphatic carboxylic acids is 1. The Kier molecular flexibility index (Phi) is 5.14. The van der Waals surface area contributed by atoms with Crippen LogP contribution in [-0.4, -0.2) is 43.1 Å². The molecule has 1 aromatic rings. The molecule has 0 saturated heterocycles. The topological polar surface area (TPSA) is 68.0 Å². The van der Waals surface area contributed by atoms with Gasteiger partial charge in [0.25, 0.3) is 0 Å². The van der Waals surface area contributed by atoms with Gasteiger partial charge < -0.3 is 9.67 Å². The van der Waals surface area contributed by atoms with Crippen molar-refractivity contribution < 1.29 is 9.90 Å². The van der Waals surface area contributed by atoms with Crippen LogP contribution in [0.1, 0.15) is 12.7 Å². The van der Waals surface area contributed by atoms with E-state index in [4.69, 9.17) is 5.11 Å². The van der Waals surface area contributed by atoms with E-state index in [0.29, 0.717) is 10.4 Å². The predicted molar refractivity (Wildman–Crippen MR) is 66.1 cm³/mol. The highest BCUT2D eigenvalue weighted by molar-refractivity contribution is 7.99. The lowest BCUT2D eigenvalue weighted by Gasteiger charge is -2.12. The quantitative estimate of drug-likeness (QED) is 0.783. The molecule has 0 aliphatic carbocycles. The monoisotopic (exact) mass is 261 g/mol. The maximum atomic E-state index is 10.5. The molecule has 1 rings (SSSR count). The number of nitrogens with zero attached hydrogens (tertiary/aromatic N) is 3. The first-order valence-electron chi connectivity index (χ1n) is 4.81. The van der Waals surface area contributed by atoms with Crippen LogP contribution in [0, 0.1) is 6.92 Å². The minimum absolute atomic E-state index is 0.0196. The zero-order chi connectivity index (χ0) is 12.1. The fourth-order valence-corrected chi connectivity index (χ4v) is 2.15. The van der Waals surface area contributed by atoms with Crippen LogP contribution in [0.2, 0.25) is 0 Å². The van der Waals surface area contributed by atoms with E-state index in [0.717, 1.165) is 12.4 Å². The molecule has 1 heterocycles. The maximum Gasteiger partial charge on any atom is 0.313 e. The average molecular weight is 261 g/mol. The number of hydrogen-bond donors (Lipinski definition) is 1. The number of carbonyl (C=O) groups is 1. The smallest absolute Gasteiger partial charge is 0.313 e. The summed E-state index contributed by atoms with van der Waals surface area (Å²) in [4.78, 5) is 10.5. The number of thioether (sulfide) groups is 2. The molecule has 0 bridgehead atoms. The highest BCUT2D eigenvalue weighted by Crippen LogP contribution is 2.19. The third-order valence-electron chi connectivity index (χ3n) is 2.07. The molecule has 0 fully saturated rings. The van der Waals surface area contributed by atoms with Crippen molar-refractivity contribution in [2.75, 3.05) is 12.0 Å². The van der Waals surface area contributed by atoms with Crippen LogP contribution in [0.4, 0.5) is 0 Å². The molecule has 0 spiro atoms. The molecule has 7 heteroatoms. The van der Waals surface area contributed by atoms with E-state index >= 15 is 0 Å². The summed E-state index contributed by atoms with van der Waals surface area (Å²) in [6, 6.07) is 0. The summed E-state index contributed by atoms with van der Waals surface area (Å²) in [7, 11) is 0. The van der Waals surface area contributed by atoms with Gasteiger partial charge in [0.2, 0.25) is 0 Å². The van der Waals surface area contributed by atoms with Gasteiger partial charge in [0.15, 0.2) is 5.16 Å². The van der Waals surface area contributed by atoms with Gasteiger partial charge in [-0.2, -0.15) is 11.8 Å². The Morgan fingerprint density at radius 1 is 1.56 bits per heavy atom. The number of rotatable bonds is 6. The van der Waals surface area contributed by atoms with E-state index in [1.807, 2.05) is 11.5 Å². The molecule has 5 nitrogen and oxygen atoms in total. The first-order valence-corrected chi connectivity index (χ1v) is 7.09. The average Bonchev–Trinajstić information content (AvgIpc) is 2.57. The fraction of sp³-hybridized carbons (Fsp3) is 0.667. The van der Waals surface area contributed by atoms with Crippen molar-refractivity contribution in [3.05, 3.63) is 5.82 Å². The molecule has 1 N–H and O–H groups in total. The lowest BCUT2D eigenvalue weighted by Crippen LogP contribution is -2.12. The van der Waals surface area contributed by atoms with Crippen LogP contribution in [-0.2, 0) is 11.3 Å². The van der Waals surface area contributed by atoms with Crippen molar-refractivity contribution in [1.82, 2.24) is 14.8 Å². The molecule has 1 aromatic heterocycles. The maximum absolute atomic E-state index is 10.5. The Morgan fingerprint density at radius 3 is 2.81 bits per heavy atom. The summed E-state index contributed by atoms with van der Waals surface area (Å²) >= 11 is 2.97. The van der Waals surface area contributed by atoms with Gasteiger partial charge >= 0.3 is 5.97 Å². The van der Waals surface area contributed by atoms with Crippen molar-refractivity contribution in [2.24, 2.45) is 0 Å². The van der Waals surface area contributed by atoms with E-state index in [1.165, 1.54) is 11.8 Å². The van der Waals surface area contributed by atoms with Gasteiger partial charge in [0, 0.05) is 11.8 Å². The Morgan fingerprint density at radius 2 is 2.25 bits per heavy atom. The molecular weight excluding hydrogens is 246 g/mol. The summed E-state index contributed by atoms with van der Waals surface area (Å²) in [5, 5.41) is 17.7. The van der Waals surface area contributed by atoms with Crippen LogP contribution >= 0.6 is 23.5 Å². The second-order valence-electron chi connectivity index (χ2n) is 3.37. The van der Waals surface area contributed by atoms with Crippen LogP contribution in [0.3, 0.4) is 0 Å². The largest absolute Gasteiger partial charge is 0.481 e. The summed E-state index contributed by atoms with van der Waals surface area (Å²) < 4.78 is 1.97. The number of aromatic nitrogens is 3. The van der Waals surface area contributed by atoms with Crippen molar-refractivity contribution in [3.8, 4) is 0 Å². The standard InChI is InChI=1S/C9H15N3O2S2/c1-6(15-3)4-12-7(2)10-11-9(12)16-5-8(13)14/h6H,4-5H2,1-3H3,(H,13,14). The van der Waals surface area contributed by atoms with Gasteiger partial charge in [0.1, 0.15) is 5.82 Å². The molecule has 90 valence electrons. The normalized spacial score (nSPS) is 12.7. The van der Waals surface area contributed by atoms with E-state index in [2.05, 4.69) is 23.4 Å². The second kappa shape index (κ2) is 6.15. The van der Waals surface area contributed by atoms with Crippen molar-refractivity contribution >= 4 is 29.5 Å². The second-order valence-corrected chi connectivity index (χ2v) is 5.59. The van der Waals surface area contributed by atoms with Crippen molar-refractivity contribution in [2.45, 2.75) is 30.8 Å². The lowest BCUT2D eigenvalue weighted by atomic mass is 10.4. The van der Waals surface area contributed by atoms with Gasteiger partial charge in [-0.05, 0) is 13.2 Å². The summed E-state index contributed by atoms with van der Waals surface area (Å²) in [6.45, 7) is 4.81. The third kappa shape index (κ3) is 3.71. The van der Waals surface area contributed by atoms with Gasteiger partial charge in [-0.3, -0.25) is 4.79 Å². The third-order valence-corrected chi connectivity index (χ3v) is 3.97. The number of carboxylic acid groups (broad SMARTS) is 1. The Hall–Kier alpha value is -0.690. The first kappa shape index (κ1) is 13.4. The summed E-state index contributed by atoms with van der Waals surface area (Å²) in [6.07, 6.45) is 2.05. The zero-order valence-corrected chi connectivity index (χ0v) is 11.1. The predicted octanol–water partition coefficient (Wildman–Crippen LogP) is 1.51. The molecule has 0 amide bonds. The molecule has 0 radical (unpaired) electrons. The van der Waals surface area contributed by atoms with E-state index in [-0.39, 0.29) is 5.75 Å². The first-order chi connectivity index (χ1) is 7.54. The highest BCUT2D eigenvalue weighted by Gasteiger charge is 2.13. The Balaban J connectivity index is 2.73. The van der Waals surface area contributed by atoms with Crippen LogP contribution in [0.25, 0.3) is 0 Å². The summed E-state index contributed by atoms with van der Waals surface area (Å²) in [5.74, 6) is 0.00935. The van der Waals surface area contributed by atoms with E-state index in [1.54, 1.807) is 11.8 Å². The van der Waals surface area contributed by atoms with Gasteiger partial charge in [-0.1, -0.05) is 18.7 Å². The molecule has 1 atom stereocenters. The highest BCUT2D eigenvalue weighted by atomic mass is 32.2. The van der Waals surface area contributed by atoms with E-state index < -0.39 is 5.97 Å². The minimum atomic E-state index is -0.838. The minimum Gasteiger partial charge on any atom is -0.481 e. The summed E-state index contributed by atoms with van der Waals surface area (Å²) in [5.41, 5.74) is 0. The molecule has 0 saturated carbocycles. The van der Waals surface area contributed by atoms with Gasteiger partial charge in [-0.25, -0.2) is 0 Å². The molecule has 0 aliphatic heterocycles. The van der Waals surface area contributed by atoms with Crippen molar-refractivity contribution in [1.29, 1.82) is 0 Å². The van der Waals surface area contributed by atoms with E-state index in [9.17, 15) is 4.79 Å². The zero-order valence-electron chi connectivity index (χ0n) is 9.51. The number of aryl methyl sites for hydroxylation is 1. The van der Waals surface area contributed by atoms with Crippen molar-refractivity contribution in [3.63, 3.8) is 0 Å². The van der Waals surface area contributed by atoms with Gasteiger partial charge in [-0.15, -0.1) is 10.2 Å². The molecule has 0 aromatic carbocycles. The van der Waals surface area contributed by atoms with Gasteiger partial charge in [0.05, 0.1) is 5.75 Å². The fourth-order valence-electron chi connectivity index (χ4n) is 1.14.